The van der Waals surface area contributed by atoms with Crippen LogP contribution < -0.4 is 15.4 Å². The van der Waals surface area contributed by atoms with Crippen LogP contribution in [0.1, 0.15) is 17.5 Å². The van der Waals surface area contributed by atoms with Gasteiger partial charge in [-0.05, 0) is 55.4 Å². The third kappa shape index (κ3) is 5.38. The van der Waals surface area contributed by atoms with Crippen LogP contribution in [0.25, 0.3) is 0 Å². The number of carbonyl (C=O) groups excluding carboxylic acids is 1. The highest BCUT2D eigenvalue weighted by Gasteiger charge is 2.06. The van der Waals surface area contributed by atoms with Gasteiger partial charge in [0.25, 0.3) is 0 Å². The molecule has 0 radical (unpaired) electrons. The smallest absolute Gasteiger partial charge is 0.225 e. The molecule has 2 rings (SSSR count). The molecule has 0 unspecified atom stereocenters. The van der Waals surface area contributed by atoms with E-state index in [0.29, 0.717) is 25.3 Å². The summed E-state index contributed by atoms with van der Waals surface area (Å²) < 4.78 is 18.8. The summed E-state index contributed by atoms with van der Waals surface area (Å²) >= 11 is 0. The molecule has 0 aromatic heterocycles. The molecule has 0 saturated carbocycles. The number of hydrogen-bond acceptors (Lipinski definition) is 3. The van der Waals surface area contributed by atoms with Crippen LogP contribution in [0.5, 0.6) is 5.75 Å². The maximum atomic E-state index is 13.1. The molecule has 4 nitrogen and oxygen atoms in total. The first-order valence-corrected chi connectivity index (χ1v) is 7.51. The molecular formula is C18H21FN2O2. The molecule has 0 heterocycles. The Hall–Kier alpha value is -2.40. The van der Waals surface area contributed by atoms with Crippen molar-refractivity contribution >= 4 is 11.6 Å². The number of amides is 1. The van der Waals surface area contributed by atoms with Crippen molar-refractivity contribution in [3.05, 3.63) is 59.4 Å². The Labute approximate surface area is 135 Å². The minimum atomic E-state index is -0.276. The number of benzene rings is 2. The van der Waals surface area contributed by atoms with Gasteiger partial charge in [0, 0.05) is 18.7 Å². The van der Waals surface area contributed by atoms with Crippen molar-refractivity contribution in [3.63, 3.8) is 0 Å². The van der Waals surface area contributed by atoms with E-state index in [1.54, 1.807) is 12.1 Å². The summed E-state index contributed by atoms with van der Waals surface area (Å²) in [5.74, 6) is 0.373. The van der Waals surface area contributed by atoms with Gasteiger partial charge >= 0.3 is 0 Å². The number of carbonyl (C=O) groups is 1. The van der Waals surface area contributed by atoms with Gasteiger partial charge in [-0.2, -0.15) is 0 Å². The first-order valence-electron chi connectivity index (χ1n) is 7.51. The second kappa shape index (κ2) is 8.29. The zero-order valence-electron chi connectivity index (χ0n) is 13.4. The lowest BCUT2D eigenvalue weighted by molar-refractivity contribution is -0.116. The highest BCUT2D eigenvalue weighted by molar-refractivity contribution is 5.91. The average molecular weight is 316 g/mol. The predicted molar refractivity (Wildman–Crippen MR) is 89.1 cm³/mol. The summed E-state index contributed by atoms with van der Waals surface area (Å²) in [6.45, 7) is 2.84. The summed E-state index contributed by atoms with van der Waals surface area (Å²) in [4.78, 5) is 11.7. The standard InChI is InChI=1S/C18H21FN2O2/c1-13-10-16(23-12-14-4-3-5-15(19)11-14)6-7-17(13)21-18(22)8-9-20-2/h3-7,10-11,20H,8-9,12H2,1-2H3,(H,21,22). The summed E-state index contributed by atoms with van der Waals surface area (Å²) in [7, 11) is 1.81. The van der Waals surface area contributed by atoms with Crippen LogP contribution in [0.2, 0.25) is 0 Å². The lowest BCUT2D eigenvalue weighted by atomic mass is 10.2. The second-order valence-corrected chi connectivity index (χ2v) is 5.30. The lowest BCUT2D eigenvalue weighted by Crippen LogP contribution is -2.19. The Morgan fingerprint density at radius 1 is 1.22 bits per heavy atom. The maximum Gasteiger partial charge on any atom is 0.225 e. The van der Waals surface area contributed by atoms with Crippen molar-refractivity contribution < 1.29 is 13.9 Å². The Kier molecular flexibility index (Phi) is 6.11. The molecule has 0 bridgehead atoms. The van der Waals surface area contributed by atoms with Crippen LogP contribution >= 0.6 is 0 Å². The monoisotopic (exact) mass is 316 g/mol. The maximum absolute atomic E-state index is 13.1. The van der Waals surface area contributed by atoms with E-state index in [1.165, 1.54) is 12.1 Å². The van der Waals surface area contributed by atoms with E-state index in [9.17, 15) is 9.18 Å². The van der Waals surface area contributed by atoms with Crippen LogP contribution in [-0.2, 0) is 11.4 Å². The Morgan fingerprint density at radius 2 is 2.04 bits per heavy atom. The average Bonchev–Trinajstić information content (AvgIpc) is 2.53. The lowest BCUT2D eigenvalue weighted by Gasteiger charge is -2.11. The quantitative estimate of drug-likeness (QED) is 0.824. The molecule has 0 aliphatic rings. The predicted octanol–water partition coefficient (Wildman–Crippen LogP) is 3.26. The highest BCUT2D eigenvalue weighted by Crippen LogP contribution is 2.22. The van der Waals surface area contributed by atoms with Gasteiger partial charge in [0.2, 0.25) is 5.91 Å². The SMILES string of the molecule is CNCCC(=O)Nc1ccc(OCc2cccc(F)c2)cc1C. The Balaban J connectivity index is 1.94. The van der Waals surface area contributed by atoms with Crippen LogP contribution in [0.15, 0.2) is 42.5 Å². The molecule has 2 aromatic rings. The fourth-order valence-corrected chi connectivity index (χ4v) is 2.11. The number of nitrogens with one attached hydrogen (secondary N) is 2. The highest BCUT2D eigenvalue weighted by atomic mass is 19.1. The van der Waals surface area contributed by atoms with E-state index in [1.807, 2.05) is 32.2 Å². The van der Waals surface area contributed by atoms with Crippen LogP contribution in [-0.4, -0.2) is 19.5 Å². The molecule has 2 N–H and O–H groups in total. The molecule has 0 aliphatic carbocycles. The van der Waals surface area contributed by atoms with E-state index < -0.39 is 0 Å². The minimum absolute atomic E-state index is 0.0316. The number of rotatable bonds is 7. The molecule has 1 amide bonds. The van der Waals surface area contributed by atoms with Crippen molar-refractivity contribution in [2.45, 2.75) is 20.0 Å². The number of aryl methyl sites for hydroxylation is 1. The number of hydrogen-bond donors (Lipinski definition) is 2. The van der Waals surface area contributed by atoms with Crippen LogP contribution in [0.3, 0.4) is 0 Å². The Bertz CT molecular complexity index is 674. The van der Waals surface area contributed by atoms with Gasteiger partial charge < -0.3 is 15.4 Å². The third-order valence-electron chi connectivity index (χ3n) is 3.37. The van der Waals surface area contributed by atoms with Crippen LogP contribution in [0.4, 0.5) is 10.1 Å². The van der Waals surface area contributed by atoms with E-state index in [0.717, 1.165) is 16.8 Å². The first-order chi connectivity index (χ1) is 11.1. The van der Waals surface area contributed by atoms with Crippen molar-refractivity contribution in [2.75, 3.05) is 18.9 Å². The molecule has 23 heavy (non-hydrogen) atoms. The largest absolute Gasteiger partial charge is 0.489 e. The van der Waals surface area contributed by atoms with Crippen molar-refractivity contribution in [2.24, 2.45) is 0 Å². The minimum Gasteiger partial charge on any atom is -0.489 e. The number of anilines is 1. The summed E-state index contributed by atoms with van der Waals surface area (Å²) in [6.07, 6.45) is 0.424. The second-order valence-electron chi connectivity index (χ2n) is 5.30. The van der Waals surface area contributed by atoms with Gasteiger partial charge in [0.1, 0.15) is 18.2 Å². The van der Waals surface area contributed by atoms with Gasteiger partial charge in [0.05, 0.1) is 0 Å². The topological polar surface area (TPSA) is 50.4 Å². The molecule has 0 aliphatic heterocycles. The van der Waals surface area contributed by atoms with Crippen LogP contribution in [0, 0.1) is 12.7 Å². The van der Waals surface area contributed by atoms with Gasteiger partial charge in [0.15, 0.2) is 0 Å². The molecule has 2 aromatic carbocycles. The van der Waals surface area contributed by atoms with E-state index in [-0.39, 0.29) is 11.7 Å². The zero-order valence-corrected chi connectivity index (χ0v) is 13.4. The van der Waals surface area contributed by atoms with Gasteiger partial charge in [-0.3, -0.25) is 4.79 Å². The van der Waals surface area contributed by atoms with Crippen molar-refractivity contribution in [1.82, 2.24) is 5.32 Å². The molecule has 0 fully saturated rings. The molecule has 0 spiro atoms. The fraction of sp³-hybridized carbons (Fsp3) is 0.278. The van der Waals surface area contributed by atoms with Crippen molar-refractivity contribution in [3.8, 4) is 5.75 Å². The number of ether oxygens (including phenoxy) is 1. The number of halogens is 1. The van der Waals surface area contributed by atoms with Crippen molar-refractivity contribution in [1.29, 1.82) is 0 Å². The van der Waals surface area contributed by atoms with Gasteiger partial charge in [-0.25, -0.2) is 4.39 Å². The Morgan fingerprint density at radius 3 is 2.74 bits per heavy atom. The summed E-state index contributed by atoms with van der Waals surface area (Å²) in [5, 5.41) is 5.81. The molecule has 122 valence electrons. The zero-order chi connectivity index (χ0) is 16.7. The third-order valence-corrected chi connectivity index (χ3v) is 3.37. The van der Waals surface area contributed by atoms with Gasteiger partial charge in [-0.15, -0.1) is 0 Å². The van der Waals surface area contributed by atoms with E-state index in [2.05, 4.69) is 10.6 Å². The molecular weight excluding hydrogens is 295 g/mol. The summed E-state index contributed by atoms with van der Waals surface area (Å²) in [6, 6.07) is 11.8. The molecule has 5 heteroatoms. The normalized spacial score (nSPS) is 10.4. The van der Waals surface area contributed by atoms with E-state index >= 15 is 0 Å². The molecule has 0 saturated heterocycles. The first kappa shape index (κ1) is 17.0. The fourth-order valence-electron chi connectivity index (χ4n) is 2.11. The van der Waals surface area contributed by atoms with Gasteiger partial charge in [-0.1, -0.05) is 12.1 Å². The molecule has 0 atom stereocenters. The summed E-state index contributed by atoms with van der Waals surface area (Å²) in [5.41, 5.74) is 2.45. The van der Waals surface area contributed by atoms with E-state index in [4.69, 9.17) is 4.74 Å².